The van der Waals surface area contributed by atoms with Crippen molar-refractivity contribution in [3.63, 3.8) is 0 Å². The average Bonchev–Trinajstić information content (AvgIpc) is 2.69. The van der Waals surface area contributed by atoms with E-state index < -0.39 is 0 Å². The van der Waals surface area contributed by atoms with Crippen molar-refractivity contribution in [1.29, 1.82) is 0 Å². The van der Waals surface area contributed by atoms with Crippen LogP contribution in [0, 0.1) is 11.3 Å². The summed E-state index contributed by atoms with van der Waals surface area (Å²) in [4.78, 5) is 11.2. The SMILES string of the molecule is O=CC1(C2C=CCCC2)CCCC1. The summed E-state index contributed by atoms with van der Waals surface area (Å²) < 4.78 is 0. The van der Waals surface area contributed by atoms with Gasteiger partial charge in [-0.1, -0.05) is 25.0 Å². The fourth-order valence-corrected chi connectivity index (χ4v) is 2.90. The van der Waals surface area contributed by atoms with Gasteiger partial charge in [0, 0.05) is 5.41 Å². The van der Waals surface area contributed by atoms with Gasteiger partial charge in [-0.15, -0.1) is 0 Å². The molecule has 0 aliphatic heterocycles. The lowest BCUT2D eigenvalue weighted by Crippen LogP contribution is -2.29. The van der Waals surface area contributed by atoms with Crippen molar-refractivity contribution in [2.45, 2.75) is 44.9 Å². The Kier molecular flexibility index (Phi) is 2.52. The first kappa shape index (κ1) is 8.98. The fourth-order valence-electron chi connectivity index (χ4n) is 2.90. The molecular formula is C12H18O. The predicted molar refractivity (Wildman–Crippen MR) is 53.4 cm³/mol. The summed E-state index contributed by atoms with van der Waals surface area (Å²) >= 11 is 0. The molecule has 2 aliphatic rings. The van der Waals surface area contributed by atoms with Gasteiger partial charge in [0.15, 0.2) is 0 Å². The Labute approximate surface area is 80.2 Å². The van der Waals surface area contributed by atoms with Crippen LogP contribution in [0.2, 0.25) is 0 Å². The summed E-state index contributed by atoms with van der Waals surface area (Å²) in [6.45, 7) is 0. The minimum atomic E-state index is 0.0386. The molecule has 1 heteroatoms. The topological polar surface area (TPSA) is 17.1 Å². The zero-order valence-electron chi connectivity index (χ0n) is 8.17. The maximum Gasteiger partial charge on any atom is 0.126 e. The molecule has 0 heterocycles. The van der Waals surface area contributed by atoms with Crippen molar-refractivity contribution in [2.24, 2.45) is 11.3 Å². The van der Waals surface area contributed by atoms with E-state index in [9.17, 15) is 4.79 Å². The Morgan fingerprint density at radius 2 is 2.00 bits per heavy atom. The Balaban J connectivity index is 2.14. The number of hydrogen-bond donors (Lipinski definition) is 0. The van der Waals surface area contributed by atoms with Crippen LogP contribution >= 0.6 is 0 Å². The lowest BCUT2D eigenvalue weighted by molar-refractivity contribution is -0.118. The first-order valence-electron chi connectivity index (χ1n) is 5.50. The summed E-state index contributed by atoms with van der Waals surface area (Å²) in [6, 6.07) is 0. The van der Waals surface area contributed by atoms with Gasteiger partial charge in [-0.2, -0.15) is 0 Å². The van der Waals surface area contributed by atoms with Gasteiger partial charge in [0.05, 0.1) is 0 Å². The number of carbonyl (C=O) groups excluding carboxylic acids is 1. The quantitative estimate of drug-likeness (QED) is 0.469. The molecule has 1 saturated carbocycles. The van der Waals surface area contributed by atoms with Crippen LogP contribution < -0.4 is 0 Å². The van der Waals surface area contributed by atoms with E-state index in [-0.39, 0.29) is 5.41 Å². The number of aldehydes is 1. The Morgan fingerprint density at radius 1 is 1.23 bits per heavy atom. The minimum absolute atomic E-state index is 0.0386. The van der Waals surface area contributed by atoms with Crippen molar-refractivity contribution in [1.82, 2.24) is 0 Å². The number of carbonyl (C=O) groups is 1. The van der Waals surface area contributed by atoms with E-state index >= 15 is 0 Å². The van der Waals surface area contributed by atoms with E-state index in [1.54, 1.807) is 0 Å². The molecule has 0 N–H and O–H groups in total. The highest BCUT2D eigenvalue weighted by Crippen LogP contribution is 2.46. The zero-order chi connectivity index (χ0) is 9.15. The number of allylic oxidation sites excluding steroid dienone is 2. The van der Waals surface area contributed by atoms with Crippen LogP contribution in [-0.4, -0.2) is 6.29 Å². The monoisotopic (exact) mass is 178 g/mol. The Bertz CT molecular complexity index is 211. The van der Waals surface area contributed by atoms with Crippen LogP contribution in [-0.2, 0) is 4.79 Å². The number of rotatable bonds is 2. The highest BCUT2D eigenvalue weighted by Gasteiger charge is 2.39. The molecule has 0 spiro atoms. The van der Waals surface area contributed by atoms with Crippen molar-refractivity contribution >= 4 is 6.29 Å². The van der Waals surface area contributed by atoms with Crippen LogP contribution in [0.3, 0.4) is 0 Å². The molecule has 0 bridgehead atoms. The van der Waals surface area contributed by atoms with Gasteiger partial charge in [-0.3, -0.25) is 0 Å². The summed E-state index contributed by atoms with van der Waals surface area (Å²) in [5, 5.41) is 0. The predicted octanol–water partition coefficient (Wildman–Crippen LogP) is 3.10. The van der Waals surface area contributed by atoms with E-state index in [0.29, 0.717) is 5.92 Å². The molecule has 1 atom stereocenters. The second kappa shape index (κ2) is 3.65. The van der Waals surface area contributed by atoms with E-state index in [1.165, 1.54) is 38.4 Å². The van der Waals surface area contributed by atoms with Crippen molar-refractivity contribution in [2.75, 3.05) is 0 Å². The van der Waals surface area contributed by atoms with Crippen molar-refractivity contribution in [3.05, 3.63) is 12.2 Å². The molecule has 0 aromatic carbocycles. The van der Waals surface area contributed by atoms with Gasteiger partial charge in [-0.05, 0) is 38.0 Å². The molecule has 72 valence electrons. The third kappa shape index (κ3) is 1.56. The normalized spacial score (nSPS) is 31.8. The molecule has 0 aromatic heterocycles. The fraction of sp³-hybridized carbons (Fsp3) is 0.750. The third-order valence-corrected chi connectivity index (χ3v) is 3.76. The maximum atomic E-state index is 11.2. The van der Waals surface area contributed by atoms with E-state index in [2.05, 4.69) is 12.2 Å². The second-order valence-corrected chi connectivity index (χ2v) is 4.52. The Morgan fingerprint density at radius 3 is 2.54 bits per heavy atom. The van der Waals surface area contributed by atoms with Gasteiger partial charge in [0.2, 0.25) is 0 Å². The molecule has 1 fully saturated rings. The lowest BCUT2D eigenvalue weighted by Gasteiger charge is -2.32. The molecule has 0 saturated heterocycles. The van der Waals surface area contributed by atoms with Gasteiger partial charge in [-0.25, -0.2) is 0 Å². The van der Waals surface area contributed by atoms with E-state index in [4.69, 9.17) is 0 Å². The summed E-state index contributed by atoms with van der Waals surface area (Å²) in [5.74, 6) is 0.557. The molecule has 2 aliphatic carbocycles. The van der Waals surface area contributed by atoms with E-state index in [1.807, 2.05) is 0 Å². The largest absolute Gasteiger partial charge is 0.303 e. The van der Waals surface area contributed by atoms with Gasteiger partial charge < -0.3 is 4.79 Å². The van der Waals surface area contributed by atoms with Gasteiger partial charge in [0.25, 0.3) is 0 Å². The average molecular weight is 178 g/mol. The summed E-state index contributed by atoms with van der Waals surface area (Å²) in [7, 11) is 0. The zero-order valence-corrected chi connectivity index (χ0v) is 8.17. The molecular weight excluding hydrogens is 160 g/mol. The molecule has 13 heavy (non-hydrogen) atoms. The highest BCUT2D eigenvalue weighted by atomic mass is 16.1. The maximum absolute atomic E-state index is 11.2. The molecule has 2 rings (SSSR count). The van der Waals surface area contributed by atoms with Crippen LogP contribution in [0.1, 0.15) is 44.9 Å². The molecule has 1 nitrogen and oxygen atoms in total. The summed E-state index contributed by atoms with van der Waals surface area (Å²) in [5.41, 5.74) is 0.0386. The highest BCUT2D eigenvalue weighted by molar-refractivity contribution is 5.61. The van der Waals surface area contributed by atoms with E-state index in [0.717, 1.165) is 12.8 Å². The first-order chi connectivity index (χ1) is 6.37. The van der Waals surface area contributed by atoms with Crippen LogP contribution in [0.5, 0.6) is 0 Å². The molecule has 0 aromatic rings. The minimum Gasteiger partial charge on any atom is -0.303 e. The Hall–Kier alpha value is -0.590. The molecule has 0 amide bonds. The van der Waals surface area contributed by atoms with Crippen LogP contribution in [0.25, 0.3) is 0 Å². The second-order valence-electron chi connectivity index (χ2n) is 4.52. The smallest absolute Gasteiger partial charge is 0.126 e. The number of hydrogen-bond acceptors (Lipinski definition) is 1. The van der Waals surface area contributed by atoms with Gasteiger partial charge in [0.1, 0.15) is 6.29 Å². The standard InChI is InChI=1S/C12H18O/c13-10-12(8-4-5-9-12)11-6-2-1-3-7-11/h2,6,10-11H,1,3-5,7-9H2. The third-order valence-electron chi connectivity index (χ3n) is 3.76. The summed E-state index contributed by atoms with van der Waals surface area (Å²) in [6.07, 6.45) is 14.3. The van der Waals surface area contributed by atoms with Crippen LogP contribution in [0.4, 0.5) is 0 Å². The molecule has 1 unspecified atom stereocenters. The first-order valence-corrected chi connectivity index (χ1v) is 5.50. The lowest BCUT2D eigenvalue weighted by atomic mass is 9.71. The van der Waals surface area contributed by atoms with Crippen LogP contribution in [0.15, 0.2) is 12.2 Å². The van der Waals surface area contributed by atoms with Gasteiger partial charge >= 0.3 is 0 Å². The molecule has 0 radical (unpaired) electrons. The van der Waals surface area contributed by atoms with Crippen molar-refractivity contribution in [3.8, 4) is 0 Å². The van der Waals surface area contributed by atoms with Crippen molar-refractivity contribution < 1.29 is 4.79 Å².